The second kappa shape index (κ2) is 11.8. The molecule has 11 heteroatoms. The molecule has 0 aromatic heterocycles. The number of fused-ring (bicyclic) bond motifs is 1. The number of nitrogens with zero attached hydrogens (tertiary/aromatic N) is 4. The van der Waals surface area contributed by atoms with Crippen LogP contribution in [0.3, 0.4) is 0 Å². The van der Waals surface area contributed by atoms with Crippen LogP contribution in [0.25, 0.3) is 0 Å². The van der Waals surface area contributed by atoms with Gasteiger partial charge in [-0.3, -0.25) is 4.79 Å². The third kappa shape index (κ3) is 5.73. The number of carbonyl (C=O) groups excluding carboxylic acids is 1. The number of sulfonamides is 1. The highest BCUT2D eigenvalue weighted by Crippen LogP contribution is 2.40. The summed E-state index contributed by atoms with van der Waals surface area (Å²) in [4.78, 5) is 15.8. The van der Waals surface area contributed by atoms with Crippen LogP contribution in [0.4, 0.5) is 5.69 Å². The molecule has 2 aromatic carbocycles. The number of rotatable bonds is 9. The third-order valence-corrected chi connectivity index (χ3v) is 10.5. The number of likely N-dealkylation sites (tertiary alicyclic amines) is 1. The molecule has 10 nitrogen and oxygen atoms in total. The Kier molecular flexibility index (Phi) is 8.44. The van der Waals surface area contributed by atoms with Crippen LogP contribution in [-0.2, 0) is 21.2 Å². The van der Waals surface area contributed by atoms with E-state index in [9.17, 15) is 18.5 Å². The van der Waals surface area contributed by atoms with Crippen LogP contribution in [0, 0.1) is 17.2 Å². The summed E-state index contributed by atoms with van der Waals surface area (Å²) >= 11 is 0. The predicted octanol–water partition coefficient (Wildman–Crippen LogP) is 1.99. The van der Waals surface area contributed by atoms with Crippen LogP contribution < -0.4 is 16.1 Å². The number of hydrogen-bond acceptors (Lipinski definition) is 8. The standard InChI is InChI=1S/C29H39N7O3S/c1-34(2)40(38,39)24-10-8-23(9-11-24)32-27-26-25(12-18-31-28(26)37)36(33-27)29(14-17-30)15-20-35(21-16-29)19-13-22-6-4-3-5-7-22/h3-11,25-27,32-33H,12-16,18-21H2,1-2H3,(H,31,37). The van der Waals surface area contributed by atoms with Crippen molar-refractivity contribution in [1.82, 2.24) is 25.0 Å². The highest BCUT2D eigenvalue weighted by atomic mass is 32.2. The van der Waals surface area contributed by atoms with Crippen molar-refractivity contribution < 1.29 is 13.2 Å². The lowest BCUT2D eigenvalue weighted by molar-refractivity contribution is -0.128. The summed E-state index contributed by atoms with van der Waals surface area (Å²) in [6.07, 6.45) is 3.50. The van der Waals surface area contributed by atoms with Gasteiger partial charge >= 0.3 is 0 Å². The predicted molar refractivity (Wildman–Crippen MR) is 153 cm³/mol. The van der Waals surface area contributed by atoms with Crippen molar-refractivity contribution in [2.75, 3.05) is 45.6 Å². The van der Waals surface area contributed by atoms with Gasteiger partial charge in [-0.05, 0) is 68.6 Å². The van der Waals surface area contributed by atoms with E-state index in [1.807, 2.05) is 6.07 Å². The van der Waals surface area contributed by atoms with Crippen molar-refractivity contribution in [2.45, 2.75) is 54.7 Å². The Morgan fingerprint density at radius 2 is 1.80 bits per heavy atom. The van der Waals surface area contributed by atoms with Gasteiger partial charge in [-0.25, -0.2) is 23.2 Å². The highest BCUT2D eigenvalue weighted by molar-refractivity contribution is 7.89. The maximum absolute atomic E-state index is 13.1. The Morgan fingerprint density at radius 3 is 2.45 bits per heavy atom. The molecule has 1 amide bonds. The van der Waals surface area contributed by atoms with Crippen molar-refractivity contribution in [1.29, 1.82) is 5.26 Å². The van der Waals surface area contributed by atoms with Crippen LogP contribution in [0.15, 0.2) is 59.5 Å². The number of nitrogens with one attached hydrogen (secondary N) is 3. The lowest BCUT2D eigenvalue weighted by Gasteiger charge is -2.49. The number of carbonyl (C=O) groups is 1. The van der Waals surface area contributed by atoms with Crippen molar-refractivity contribution >= 4 is 21.6 Å². The van der Waals surface area contributed by atoms with Crippen LogP contribution in [0.1, 0.15) is 31.2 Å². The zero-order valence-corrected chi connectivity index (χ0v) is 24.0. The number of anilines is 1. The van der Waals surface area contributed by atoms with Gasteiger partial charge in [0.1, 0.15) is 6.17 Å². The summed E-state index contributed by atoms with van der Waals surface area (Å²) < 4.78 is 26.1. The zero-order valence-electron chi connectivity index (χ0n) is 23.2. The fraction of sp³-hybridized carbons (Fsp3) is 0.517. The lowest BCUT2D eigenvalue weighted by atomic mass is 9.81. The van der Waals surface area contributed by atoms with E-state index in [1.165, 1.54) is 24.0 Å². The van der Waals surface area contributed by atoms with E-state index < -0.39 is 10.0 Å². The molecular weight excluding hydrogens is 526 g/mol. The zero-order chi connectivity index (χ0) is 28.3. The summed E-state index contributed by atoms with van der Waals surface area (Å²) in [5.74, 6) is -0.353. The minimum absolute atomic E-state index is 0.0111. The van der Waals surface area contributed by atoms with E-state index >= 15 is 0 Å². The SMILES string of the molecule is CN(C)S(=O)(=O)c1ccc(NC2NN(C3(CC#N)CCN(CCc4ccccc4)CC3)C3CCNC(=O)C23)cc1. The quantitative estimate of drug-likeness (QED) is 0.422. The fourth-order valence-electron chi connectivity index (χ4n) is 6.30. The molecule has 3 fully saturated rings. The van der Waals surface area contributed by atoms with Crippen molar-refractivity contribution in [3.8, 4) is 6.07 Å². The summed E-state index contributed by atoms with van der Waals surface area (Å²) in [5, 5.41) is 18.6. The first-order chi connectivity index (χ1) is 19.2. The summed E-state index contributed by atoms with van der Waals surface area (Å²) in [5.41, 5.74) is 5.30. The molecule has 2 aromatic rings. The fourth-order valence-corrected chi connectivity index (χ4v) is 7.21. The maximum atomic E-state index is 13.1. The number of nitriles is 1. The Balaban J connectivity index is 1.31. The van der Waals surface area contributed by atoms with Gasteiger partial charge in [0.2, 0.25) is 15.9 Å². The molecule has 0 spiro atoms. The van der Waals surface area contributed by atoms with Gasteiger partial charge < -0.3 is 15.5 Å². The molecule has 3 aliphatic heterocycles. The summed E-state index contributed by atoms with van der Waals surface area (Å²) in [6, 6.07) is 19.5. The molecule has 40 heavy (non-hydrogen) atoms. The molecule has 0 aliphatic carbocycles. The van der Waals surface area contributed by atoms with E-state index in [4.69, 9.17) is 0 Å². The second-order valence-corrected chi connectivity index (χ2v) is 13.4. The van der Waals surface area contributed by atoms with Gasteiger partial charge in [-0.15, -0.1) is 0 Å². The Morgan fingerprint density at radius 1 is 1.10 bits per heavy atom. The largest absolute Gasteiger partial charge is 0.368 e. The molecular formula is C29H39N7O3S. The van der Waals surface area contributed by atoms with Crippen molar-refractivity contribution in [3.63, 3.8) is 0 Å². The third-order valence-electron chi connectivity index (χ3n) is 8.65. The van der Waals surface area contributed by atoms with Gasteiger partial charge in [-0.2, -0.15) is 5.26 Å². The normalized spacial score (nSPS) is 25.2. The van der Waals surface area contributed by atoms with Crippen LogP contribution in [-0.4, -0.2) is 86.6 Å². The van der Waals surface area contributed by atoms with E-state index in [0.29, 0.717) is 13.0 Å². The molecule has 3 saturated heterocycles. The number of piperidine rings is 2. The van der Waals surface area contributed by atoms with Crippen molar-refractivity contribution in [2.24, 2.45) is 5.92 Å². The first-order valence-corrected chi connectivity index (χ1v) is 15.4. The average molecular weight is 566 g/mol. The topological polar surface area (TPSA) is 121 Å². The van der Waals surface area contributed by atoms with Crippen molar-refractivity contribution in [3.05, 3.63) is 60.2 Å². The average Bonchev–Trinajstić information content (AvgIpc) is 3.33. The molecule has 3 atom stereocenters. The monoisotopic (exact) mass is 565 g/mol. The van der Waals surface area contributed by atoms with Crippen LogP contribution >= 0.6 is 0 Å². The number of amides is 1. The Hall–Kier alpha value is -3.01. The minimum atomic E-state index is -3.53. The number of hydrogen-bond donors (Lipinski definition) is 3. The van der Waals surface area contributed by atoms with Gasteiger partial charge in [0.25, 0.3) is 0 Å². The smallest absolute Gasteiger partial charge is 0.242 e. The number of hydrazine groups is 1. The molecule has 214 valence electrons. The molecule has 0 radical (unpaired) electrons. The van der Waals surface area contributed by atoms with Crippen LogP contribution in [0.5, 0.6) is 0 Å². The molecule has 0 bridgehead atoms. The Labute approximate surface area is 237 Å². The molecule has 3 heterocycles. The molecule has 0 saturated carbocycles. The van der Waals surface area contributed by atoms with E-state index in [1.54, 1.807) is 24.3 Å². The molecule has 5 rings (SSSR count). The lowest BCUT2D eigenvalue weighted by Crippen LogP contribution is -2.62. The minimum Gasteiger partial charge on any atom is -0.368 e. The van der Waals surface area contributed by atoms with Gasteiger partial charge in [-0.1, -0.05) is 30.3 Å². The second-order valence-electron chi connectivity index (χ2n) is 11.2. The van der Waals surface area contributed by atoms with Gasteiger partial charge in [0.05, 0.1) is 28.8 Å². The first kappa shape index (κ1) is 28.5. The molecule has 3 N–H and O–H groups in total. The molecule has 3 unspecified atom stereocenters. The highest BCUT2D eigenvalue weighted by Gasteiger charge is 2.54. The van der Waals surface area contributed by atoms with Crippen LogP contribution in [0.2, 0.25) is 0 Å². The van der Waals surface area contributed by atoms with E-state index in [2.05, 4.69) is 56.3 Å². The van der Waals surface area contributed by atoms with E-state index in [0.717, 1.165) is 51.0 Å². The number of benzene rings is 2. The summed E-state index contributed by atoms with van der Waals surface area (Å²) in [6.45, 7) is 3.39. The van der Waals surface area contributed by atoms with Gasteiger partial charge in [0, 0.05) is 38.9 Å². The summed E-state index contributed by atoms with van der Waals surface area (Å²) in [7, 11) is -0.518. The van der Waals surface area contributed by atoms with E-state index in [-0.39, 0.29) is 34.5 Å². The Bertz CT molecular complexity index is 1320. The first-order valence-electron chi connectivity index (χ1n) is 14.0. The molecule has 3 aliphatic rings. The van der Waals surface area contributed by atoms with Gasteiger partial charge in [0.15, 0.2) is 0 Å². The maximum Gasteiger partial charge on any atom is 0.242 e.